The molecule has 2 fully saturated rings. The third-order valence-corrected chi connectivity index (χ3v) is 6.88. The van der Waals surface area contributed by atoms with E-state index in [9.17, 15) is 4.79 Å². The maximum Gasteiger partial charge on any atom is 0.276 e. The van der Waals surface area contributed by atoms with Crippen molar-refractivity contribution in [3.8, 4) is 5.75 Å². The molecule has 2 unspecified atom stereocenters. The summed E-state index contributed by atoms with van der Waals surface area (Å²) in [5.74, 6) is 1.00. The Hall–Kier alpha value is -3.41. The molecule has 35 heavy (non-hydrogen) atoms. The molecule has 0 spiro atoms. The van der Waals surface area contributed by atoms with E-state index >= 15 is 0 Å². The molecule has 3 aromatic carbocycles. The number of carbonyl (C=O) groups is 1. The van der Waals surface area contributed by atoms with Gasteiger partial charge in [-0.05, 0) is 67.3 Å². The minimum atomic E-state index is -0.296. The highest BCUT2D eigenvalue weighted by molar-refractivity contribution is 5.91. The average molecular weight is 468 g/mol. The summed E-state index contributed by atoms with van der Waals surface area (Å²) in [5, 5.41) is 3.90. The average Bonchev–Trinajstić information content (AvgIpc) is 3.68. The number of piperidine rings is 1. The summed E-state index contributed by atoms with van der Waals surface area (Å²) >= 11 is 0. The molecule has 1 aliphatic carbocycles. The summed E-state index contributed by atoms with van der Waals surface area (Å²) in [7, 11) is 0. The summed E-state index contributed by atoms with van der Waals surface area (Å²) < 4.78 is 0. The Morgan fingerprint density at radius 2 is 1.60 bits per heavy atom. The zero-order valence-corrected chi connectivity index (χ0v) is 20.0. The molecule has 180 valence electrons. The summed E-state index contributed by atoms with van der Waals surface area (Å²) in [4.78, 5) is 19.8. The Morgan fingerprint density at radius 3 is 2.31 bits per heavy atom. The molecule has 5 rings (SSSR count). The molecule has 5 nitrogen and oxygen atoms in total. The van der Waals surface area contributed by atoms with Crippen molar-refractivity contribution in [3.05, 3.63) is 108 Å². The third kappa shape index (κ3) is 6.81. The topological polar surface area (TPSA) is 53.6 Å². The van der Waals surface area contributed by atoms with Gasteiger partial charge >= 0.3 is 0 Å². The lowest BCUT2D eigenvalue weighted by molar-refractivity contribution is -0.122. The number of rotatable bonds is 9. The summed E-state index contributed by atoms with van der Waals surface area (Å²) in [6, 6.07) is 29.8. The van der Waals surface area contributed by atoms with Gasteiger partial charge in [-0.1, -0.05) is 72.8 Å². The molecular weight excluding hydrogens is 434 g/mol. The van der Waals surface area contributed by atoms with Crippen molar-refractivity contribution < 1.29 is 9.63 Å². The molecule has 1 saturated heterocycles. The van der Waals surface area contributed by atoms with Gasteiger partial charge in [0.25, 0.3) is 5.91 Å². The predicted octanol–water partition coefficient (Wildman–Crippen LogP) is 4.92. The van der Waals surface area contributed by atoms with Crippen molar-refractivity contribution in [2.75, 3.05) is 13.1 Å². The number of hydroxylamine groups is 1. The van der Waals surface area contributed by atoms with Gasteiger partial charge in [0.05, 0.1) is 0 Å². The number of likely N-dealkylation sites (tertiary alicyclic amines) is 1. The van der Waals surface area contributed by atoms with Crippen LogP contribution in [0.1, 0.15) is 41.9 Å². The van der Waals surface area contributed by atoms with E-state index in [0.29, 0.717) is 23.8 Å². The van der Waals surface area contributed by atoms with E-state index in [1.165, 1.54) is 36.5 Å². The molecule has 1 aliphatic heterocycles. The number of para-hydroxylation sites is 1. The quantitative estimate of drug-likeness (QED) is 0.346. The number of nitrogens with zero attached hydrogens (tertiary/aromatic N) is 1. The highest BCUT2D eigenvalue weighted by Crippen LogP contribution is 2.41. The first-order chi connectivity index (χ1) is 17.2. The van der Waals surface area contributed by atoms with Crippen LogP contribution < -0.4 is 15.6 Å². The standard InChI is InChI=1S/C30H33N3O2/c34-30(32-35-27-9-5-2-6-10-27)16-15-23-11-13-24(14-12-23)22-33-19-17-26(18-20-33)31-29-21-28(29)25-7-3-1-4-8-25/h1-16,26,28-29,31H,17-22H2,(H,32,34). The normalized spacial score (nSPS) is 20.6. The zero-order valence-electron chi connectivity index (χ0n) is 20.0. The van der Waals surface area contributed by atoms with Gasteiger partial charge in [-0.25, -0.2) is 0 Å². The fourth-order valence-corrected chi connectivity index (χ4v) is 4.80. The number of carbonyl (C=O) groups excluding carboxylic acids is 1. The molecule has 1 heterocycles. The molecule has 1 amide bonds. The van der Waals surface area contributed by atoms with Crippen LogP contribution in [-0.4, -0.2) is 36.0 Å². The number of benzene rings is 3. The van der Waals surface area contributed by atoms with Crippen LogP contribution in [0.25, 0.3) is 6.08 Å². The van der Waals surface area contributed by atoms with Crippen LogP contribution in [0.4, 0.5) is 0 Å². The monoisotopic (exact) mass is 467 g/mol. The molecule has 5 heteroatoms. The number of amides is 1. The minimum Gasteiger partial charge on any atom is -0.379 e. The Morgan fingerprint density at radius 1 is 0.914 bits per heavy atom. The fourth-order valence-electron chi connectivity index (χ4n) is 4.80. The molecular formula is C30H33N3O2. The Kier molecular flexibility index (Phi) is 7.56. The second kappa shape index (κ2) is 11.3. The second-order valence-corrected chi connectivity index (χ2v) is 9.53. The zero-order chi connectivity index (χ0) is 23.9. The van der Waals surface area contributed by atoms with Crippen molar-refractivity contribution in [2.24, 2.45) is 0 Å². The molecule has 1 saturated carbocycles. The van der Waals surface area contributed by atoms with E-state index in [1.54, 1.807) is 18.2 Å². The molecule has 2 atom stereocenters. The van der Waals surface area contributed by atoms with Crippen LogP contribution in [-0.2, 0) is 11.3 Å². The van der Waals surface area contributed by atoms with Gasteiger partial charge in [0.15, 0.2) is 5.75 Å². The van der Waals surface area contributed by atoms with Crippen LogP contribution in [0.3, 0.4) is 0 Å². The summed E-state index contributed by atoms with van der Waals surface area (Å²) in [5.41, 5.74) is 6.19. The number of hydrogen-bond acceptors (Lipinski definition) is 4. The molecule has 0 radical (unpaired) electrons. The van der Waals surface area contributed by atoms with E-state index in [0.717, 1.165) is 25.2 Å². The van der Waals surface area contributed by atoms with Crippen molar-refractivity contribution in [1.82, 2.24) is 15.7 Å². The summed E-state index contributed by atoms with van der Waals surface area (Å²) in [6.45, 7) is 3.23. The van der Waals surface area contributed by atoms with Crippen LogP contribution in [0, 0.1) is 0 Å². The smallest absolute Gasteiger partial charge is 0.276 e. The van der Waals surface area contributed by atoms with E-state index in [4.69, 9.17) is 4.84 Å². The Bertz CT molecular complexity index is 1110. The fraction of sp³-hybridized carbons (Fsp3) is 0.300. The van der Waals surface area contributed by atoms with Crippen molar-refractivity contribution in [2.45, 2.75) is 43.8 Å². The van der Waals surface area contributed by atoms with Crippen LogP contribution in [0.15, 0.2) is 91.0 Å². The van der Waals surface area contributed by atoms with Crippen molar-refractivity contribution >= 4 is 12.0 Å². The van der Waals surface area contributed by atoms with Crippen LogP contribution in [0.5, 0.6) is 5.75 Å². The van der Waals surface area contributed by atoms with E-state index in [-0.39, 0.29) is 5.91 Å². The van der Waals surface area contributed by atoms with E-state index in [2.05, 4.69) is 70.3 Å². The van der Waals surface area contributed by atoms with Crippen molar-refractivity contribution in [3.63, 3.8) is 0 Å². The molecule has 0 aromatic heterocycles. The lowest BCUT2D eigenvalue weighted by atomic mass is 10.0. The highest BCUT2D eigenvalue weighted by Gasteiger charge is 2.39. The van der Waals surface area contributed by atoms with Gasteiger partial charge in [-0.2, -0.15) is 5.48 Å². The maximum atomic E-state index is 12.0. The van der Waals surface area contributed by atoms with Gasteiger partial charge in [0.1, 0.15) is 0 Å². The van der Waals surface area contributed by atoms with Crippen LogP contribution >= 0.6 is 0 Å². The van der Waals surface area contributed by atoms with Gasteiger partial charge in [-0.3, -0.25) is 9.69 Å². The van der Waals surface area contributed by atoms with Gasteiger partial charge in [-0.15, -0.1) is 0 Å². The minimum absolute atomic E-state index is 0.296. The van der Waals surface area contributed by atoms with Gasteiger partial charge in [0, 0.05) is 30.6 Å². The Labute approximate surface area is 207 Å². The van der Waals surface area contributed by atoms with Gasteiger partial charge in [0.2, 0.25) is 0 Å². The number of hydrogen-bond donors (Lipinski definition) is 2. The molecule has 0 bridgehead atoms. The lowest BCUT2D eigenvalue weighted by Gasteiger charge is -2.32. The SMILES string of the molecule is O=C(C=Cc1ccc(CN2CCC(NC3CC3c3ccccc3)CC2)cc1)NOc1ccccc1. The first kappa shape index (κ1) is 23.3. The molecule has 2 N–H and O–H groups in total. The second-order valence-electron chi connectivity index (χ2n) is 9.53. The third-order valence-electron chi connectivity index (χ3n) is 6.88. The summed E-state index contributed by atoms with van der Waals surface area (Å²) in [6.07, 6.45) is 6.97. The maximum absolute atomic E-state index is 12.0. The van der Waals surface area contributed by atoms with Crippen LogP contribution in [0.2, 0.25) is 0 Å². The van der Waals surface area contributed by atoms with E-state index < -0.39 is 0 Å². The first-order valence-electron chi connectivity index (χ1n) is 12.6. The lowest BCUT2D eigenvalue weighted by Crippen LogP contribution is -2.43. The van der Waals surface area contributed by atoms with Gasteiger partial charge < -0.3 is 10.2 Å². The highest BCUT2D eigenvalue weighted by atomic mass is 16.7. The first-order valence-corrected chi connectivity index (χ1v) is 12.6. The number of nitrogens with one attached hydrogen (secondary N) is 2. The molecule has 3 aromatic rings. The predicted molar refractivity (Wildman–Crippen MR) is 140 cm³/mol. The Balaban J connectivity index is 1.01. The largest absolute Gasteiger partial charge is 0.379 e. The molecule has 2 aliphatic rings. The van der Waals surface area contributed by atoms with E-state index in [1.807, 2.05) is 18.2 Å². The van der Waals surface area contributed by atoms with Crippen molar-refractivity contribution in [1.29, 1.82) is 0 Å².